The van der Waals surface area contributed by atoms with Crippen LogP contribution in [0, 0.1) is 12.8 Å². The molecule has 116 valence electrons. The first-order valence-corrected chi connectivity index (χ1v) is 7.93. The van der Waals surface area contributed by atoms with Gasteiger partial charge in [0.15, 0.2) is 0 Å². The van der Waals surface area contributed by atoms with Gasteiger partial charge in [0.25, 0.3) is 0 Å². The van der Waals surface area contributed by atoms with Gasteiger partial charge in [-0.15, -0.1) is 0 Å². The van der Waals surface area contributed by atoms with Crippen molar-refractivity contribution in [2.75, 3.05) is 24.1 Å². The molecule has 2 rings (SSSR count). The van der Waals surface area contributed by atoms with Crippen LogP contribution in [0.25, 0.3) is 0 Å². The lowest BCUT2D eigenvalue weighted by Gasteiger charge is -2.28. The lowest BCUT2D eigenvalue weighted by atomic mass is 10.1. The number of hydrogen-bond donors (Lipinski definition) is 2. The van der Waals surface area contributed by atoms with Crippen molar-refractivity contribution in [2.24, 2.45) is 5.92 Å². The summed E-state index contributed by atoms with van der Waals surface area (Å²) in [6, 6.07) is 5.52. The van der Waals surface area contributed by atoms with E-state index >= 15 is 0 Å². The van der Waals surface area contributed by atoms with Crippen LogP contribution in [-0.2, 0) is 4.79 Å². The third kappa shape index (κ3) is 4.21. The second kappa shape index (κ2) is 6.94. The SMILES string of the molecule is CCCN(CC1CC1)C(C)C(=O)Nc1cccc(N)c1C. The van der Waals surface area contributed by atoms with Crippen molar-refractivity contribution in [3.05, 3.63) is 23.8 Å². The fourth-order valence-electron chi connectivity index (χ4n) is 2.55. The molecule has 1 atom stereocenters. The lowest BCUT2D eigenvalue weighted by molar-refractivity contribution is -0.120. The molecule has 3 N–H and O–H groups in total. The van der Waals surface area contributed by atoms with E-state index in [1.165, 1.54) is 12.8 Å². The normalized spacial score (nSPS) is 16.0. The van der Waals surface area contributed by atoms with Crippen molar-refractivity contribution < 1.29 is 4.79 Å². The van der Waals surface area contributed by atoms with E-state index in [1.54, 1.807) is 0 Å². The van der Waals surface area contributed by atoms with Gasteiger partial charge in [-0.1, -0.05) is 13.0 Å². The quantitative estimate of drug-likeness (QED) is 0.759. The standard InChI is InChI=1S/C17H27N3O/c1-4-10-20(11-14-8-9-14)13(3)17(21)19-16-7-5-6-15(18)12(16)2/h5-7,13-14H,4,8-11,18H2,1-3H3,(H,19,21). The van der Waals surface area contributed by atoms with Crippen molar-refractivity contribution in [3.8, 4) is 0 Å². The molecular formula is C17H27N3O. The first-order valence-electron chi connectivity index (χ1n) is 7.93. The zero-order valence-corrected chi connectivity index (χ0v) is 13.4. The predicted molar refractivity (Wildman–Crippen MR) is 88.3 cm³/mol. The van der Waals surface area contributed by atoms with Crippen molar-refractivity contribution >= 4 is 17.3 Å². The second-order valence-corrected chi connectivity index (χ2v) is 6.12. The second-order valence-electron chi connectivity index (χ2n) is 6.12. The maximum Gasteiger partial charge on any atom is 0.241 e. The van der Waals surface area contributed by atoms with Crippen LogP contribution in [0.2, 0.25) is 0 Å². The van der Waals surface area contributed by atoms with E-state index in [0.29, 0.717) is 5.69 Å². The Balaban J connectivity index is 2.01. The summed E-state index contributed by atoms with van der Waals surface area (Å²) in [4.78, 5) is 14.8. The highest BCUT2D eigenvalue weighted by Crippen LogP contribution is 2.30. The van der Waals surface area contributed by atoms with Gasteiger partial charge in [-0.3, -0.25) is 9.69 Å². The molecular weight excluding hydrogens is 262 g/mol. The summed E-state index contributed by atoms with van der Waals surface area (Å²) in [6.07, 6.45) is 3.69. The minimum atomic E-state index is -0.105. The van der Waals surface area contributed by atoms with Crippen LogP contribution in [0.5, 0.6) is 0 Å². The van der Waals surface area contributed by atoms with Gasteiger partial charge in [-0.25, -0.2) is 0 Å². The smallest absolute Gasteiger partial charge is 0.241 e. The maximum absolute atomic E-state index is 12.5. The van der Waals surface area contributed by atoms with E-state index in [2.05, 4.69) is 17.1 Å². The van der Waals surface area contributed by atoms with E-state index in [1.807, 2.05) is 32.0 Å². The number of nitrogens with one attached hydrogen (secondary N) is 1. The number of carbonyl (C=O) groups is 1. The molecule has 0 heterocycles. The average molecular weight is 289 g/mol. The summed E-state index contributed by atoms with van der Waals surface area (Å²) in [6.45, 7) is 8.10. The predicted octanol–water partition coefficient (Wildman–Crippen LogP) is 3.03. The van der Waals surface area contributed by atoms with E-state index in [-0.39, 0.29) is 11.9 Å². The Labute approximate surface area is 127 Å². The zero-order valence-electron chi connectivity index (χ0n) is 13.4. The molecule has 0 bridgehead atoms. The lowest BCUT2D eigenvalue weighted by Crippen LogP contribution is -2.43. The molecule has 4 nitrogen and oxygen atoms in total. The molecule has 1 fully saturated rings. The Bertz CT molecular complexity index is 497. The highest BCUT2D eigenvalue weighted by Gasteiger charge is 2.28. The number of nitrogens with zero attached hydrogens (tertiary/aromatic N) is 1. The monoisotopic (exact) mass is 289 g/mol. The van der Waals surface area contributed by atoms with Crippen LogP contribution in [0.3, 0.4) is 0 Å². The first kappa shape index (κ1) is 15.8. The molecule has 0 saturated heterocycles. The largest absolute Gasteiger partial charge is 0.398 e. The molecule has 0 aliphatic heterocycles. The molecule has 0 spiro atoms. The number of carbonyl (C=O) groups excluding carboxylic acids is 1. The van der Waals surface area contributed by atoms with Crippen LogP contribution < -0.4 is 11.1 Å². The number of amides is 1. The van der Waals surface area contributed by atoms with Gasteiger partial charge < -0.3 is 11.1 Å². The van der Waals surface area contributed by atoms with E-state index in [0.717, 1.165) is 36.7 Å². The summed E-state index contributed by atoms with van der Waals surface area (Å²) in [5.74, 6) is 0.846. The number of rotatable bonds is 7. The van der Waals surface area contributed by atoms with Crippen molar-refractivity contribution in [2.45, 2.75) is 46.1 Å². The van der Waals surface area contributed by atoms with Gasteiger partial charge >= 0.3 is 0 Å². The number of benzene rings is 1. The van der Waals surface area contributed by atoms with Crippen LogP contribution >= 0.6 is 0 Å². The number of nitrogens with two attached hydrogens (primary N) is 1. The molecule has 1 aromatic carbocycles. The maximum atomic E-state index is 12.5. The molecule has 1 saturated carbocycles. The summed E-state index contributed by atoms with van der Waals surface area (Å²) < 4.78 is 0. The molecule has 0 radical (unpaired) electrons. The molecule has 1 aliphatic rings. The highest BCUT2D eigenvalue weighted by atomic mass is 16.2. The number of anilines is 2. The van der Waals surface area contributed by atoms with Gasteiger partial charge in [0.2, 0.25) is 5.91 Å². The van der Waals surface area contributed by atoms with Crippen molar-refractivity contribution in [1.29, 1.82) is 0 Å². The number of hydrogen-bond acceptors (Lipinski definition) is 3. The summed E-state index contributed by atoms with van der Waals surface area (Å²) in [5.41, 5.74) is 8.35. The van der Waals surface area contributed by atoms with Gasteiger partial charge in [0.05, 0.1) is 6.04 Å². The summed E-state index contributed by atoms with van der Waals surface area (Å²) in [5, 5.41) is 3.02. The Kier molecular flexibility index (Phi) is 5.23. The Morgan fingerprint density at radius 1 is 1.48 bits per heavy atom. The first-order chi connectivity index (χ1) is 10.0. The molecule has 1 amide bonds. The minimum absolute atomic E-state index is 0.0535. The van der Waals surface area contributed by atoms with E-state index in [9.17, 15) is 4.79 Å². The van der Waals surface area contributed by atoms with E-state index in [4.69, 9.17) is 5.73 Å². The van der Waals surface area contributed by atoms with Crippen LogP contribution in [0.15, 0.2) is 18.2 Å². The van der Waals surface area contributed by atoms with Crippen molar-refractivity contribution in [3.63, 3.8) is 0 Å². The third-order valence-corrected chi connectivity index (χ3v) is 4.26. The highest BCUT2D eigenvalue weighted by molar-refractivity contribution is 5.95. The zero-order chi connectivity index (χ0) is 15.4. The summed E-state index contributed by atoms with van der Waals surface area (Å²) >= 11 is 0. The molecule has 1 unspecified atom stereocenters. The molecule has 1 aromatic rings. The Morgan fingerprint density at radius 2 is 2.19 bits per heavy atom. The minimum Gasteiger partial charge on any atom is -0.398 e. The number of nitrogen functional groups attached to an aromatic ring is 1. The average Bonchev–Trinajstić information content (AvgIpc) is 3.26. The van der Waals surface area contributed by atoms with Crippen molar-refractivity contribution in [1.82, 2.24) is 4.90 Å². The fraction of sp³-hybridized carbons (Fsp3) is 0.588. The van der Waals surface area contributed by atoms with Crippen LogP contribution in [0.1, 0.15) is 38.7 Å². The molecule has 21 heavy (non-hydrogen) atoms. The third-order valence-electron chi connectivity index (χ3n) is 4.26. The fourth-order valence-corrected chi connectivity index (χ4v) is 2.55. The van der Waals surface area contributed by atoms with Gasteiger partial charge in [0.1, 0.15) is 0 Å². The van der Waals surface area contributed by atoms with Crippen LogP contribution in [0.4, 0.5) is 11.4 Å². The topological polar surface area (TPSA) is 58.4 Å². The van der Waals surface area contributed by atoms with Crippen LogP contribution in [-0.4, -0.2) is 29.9 Å². The molecule has 4 heteroatoms. The van der Waals surface area contributed by atoms with E-state index < -0.39 is 0 Å². The van der Waals surface area contributed by atoms with Gasteiger partial charge in [-0.05, 0) is 63.3 Å². The Hall–Kier alpha value is -1.55. The summed E-state index contributed by atoms with van der Waals surface area (Å²) in [7, 11) is 0. The van der Waals surface area contributed by atoms with Gasteiger partial charge in [0, 0.05) is 17.9 Å². The Morgan fingerprint density at radius 3 is 2.81 bits per heavy atom. The molecule has 0 aromatic heterocycles. The van der Waals surface area contributed by atoms with Gasteiger partial charge in [-0.2, -0.15) is 0 Å². The molecule has 1 aliphatic carbocycles.